The first-order chi connectivity index (χ1) is 10.1. The molecule has 0 saturated heterocycles. The van der Waals surface area contributed by atoms with Crippen LogP contribution in [0.4, 0.5) is 32.6 Å². The second-order valence-corrected chi connectivity index (χ2v) is 7.50. The van der Waals surface area contributed by atoms with Crippen molar-refractivity contribution in [2.75, 3.05) is 19.3 Å². The van der Waals surface area contributed by atoms with Crippen molar-refractivity contribution in [3.05, 3.63) is 30.1 Å². The molecule has 0 spiro atoms. The average molecular weight is 344 g/mol. The van der Waals surface area contributed by atoms with Gasteiger partial charge in [-0.25, -0.2) is 9.18 Å². The Morgan fingerprint density at radius 2 is 1.68 bits per heavy atom. The van der Waals surface area contributed by atoms with E-state index in [2.05, 4.69) is 8.85 Å². The molecule has 0 aliphatic carbocycles. The first-order valence-electron chi connectivity index (χ1n) is 5.81. The van der Waals surface area contributed by atoms with Gasteiger partial charge in [0.25, 0.3) is 0 Å². The van der Waals surface area contributed by atoms with Crippen molar-refractivity contribution in [1.29, 1.82) is 0 Å². The quantitative estimate of drug-likeness (QED) is 0.356. The molecule has 0 atom stereocenters. The third kappa shape index (κ3) is 3.05. The van der Waals surface area contributed by atoms with Crippen LogP contribution in [0.5, 0.6) is 0 Å². The van der Waals surface area contributed by atoms with E-state index in [9.17, 15) is 26.9 Å². The largest absolute Gasteiger partial charge is 0.442 e. The zero-order valence-electron chi connectivity index (χ0n) is 11.8. The first-order valence-corrected chi connectivity index (χ1v) is 8.12. The molecule has 0 unspecified atom stereocenters. The highest BCUT2D eigenvalue weighted by molar-refractivity contribution is 6.68. The maximum Gasteiger partial charge on any atom is 0.442 e. The molecule has 0 aliphatic rings. The summed E-state index contributed by atoms with van der Waals surface area (Å²) in [6.07, 6.45) is 0. The SMILES string of the molecule is CO[Si](C)(OC)C(F)(F)N(F)C(=O)N(F)c1ccccc1F. The Bertz CT molecular complexity index is 544. The lowest BCUT2D eigenvalue weighted by atomic mass is 10.3. The Labute approximate surface area is 123 Å². The number of carbonyl (C=O) groups excluding carboxylic acids is 1. The molecule has 0 radical (unpaired) electrons. The van der Waals surface area contributed by atoms with E-state index in [0.29, 0.717) is 0 Å². The van der Waals surface area contributed by atoms with E-state index in [-0.39, 0.29) is 0 Å². The van der Waals surface area contributed by atoms with Crippen molar-refractivity contribution in [1.82, 2.24) is 5.12 Å². The smallest absolute Gasteiger partial charge is 0.393 e. The van der Waals surface area contributed by atoms with E-state index in [1.165, 1.54) is 6.07 Å². The van der Waals surface area contributed by atoms with Gasteiger partial charge in [-0.05, 0) is 18.7 Å². The predicted octanol–water partition coefficient (Wildman–Crippen LogP) is 3.32. The highest BCUT2D eigenvalue weighted by Crippen LogP contribution is 2.34. The molecule has 0 N–H and O–H groups in total. The van der Waals surface area contributed by atoms with Crippen LogP contribution in [0, 0.1) is 5.82 Å². The fourth-order valence-electron chi connectivity index (χ4n) is 1.42. The molecule has 0 aliphatic heterocycles. The van der Waals surface area contributed by atoms with Crippen LogP contribution < -0.4 is 5.12 Å². The molecular weight excluding hydrogens is 331 g/mol. The molecule has 0 heterocycles. The Morgan fingerprint density at radius 3 is 2.14 bits per heavy atom. The molecule has 22 heavy (non-hydrogen) atoms. The monoisotopic (exact) mass is 344 g/mol. The minimum Gasteiger partial charge on any atom is -0.393 e. The van der Waals surface area contributed by atoms with Crippen LogP contribution in [-0.4, -0.2) is 39.6 Å². The summed E-state index contributed by atoms with van der Waals surface area (Å²) < 4.78 is 77.6. The Hall–Kier alpha value is -1.72. The van der Waals surface area contributed by atoms with Crippen molar-refractivity contribution in [2.24, 2.45) is 0 Å². The number of urea groups is 1. The molecule has 124 valence electrons. The summed E-state index contributed by atoms with van der Waals surface area (Å²) in [5.41, 5.74) is -5.56. The highest BCUT2D eigenvalue weighted by Gasteiger charge is 2.64. The number of nitrogens with zero attached hydrogens (tertiary/aromatic N) is 2. The molecule has 2 amide bonds. The van der Waals surface area contributed by atoms with E-state index >= 15 is 0 Å². The van der Waals surface area contributed by atoms with Gasteiger partial charge in [0.2, 0.25) is 0 Å². The van der Waals surface area contributed by atoms with E-state index in [0.717, 1.165) is 39.0 Å². The number of hydrogen-bond donors (Lipinski definition) is 0. The number of benzene rings is 1. The van der Waals surface area contributed by atoms with Gasteiger partial charge >= 0.3 is 20.3 Å². The second kappa shape index (κ2) is 6.58. The maximum absolute atomic E-state index is 13.9. The Balaban J connectivity index is 3.09. The van der Waals surface area contributed by atoms with Crippen molar-refractivity contribution >= 4 is 20.3 Å². The lowest BCUT2D eigenvalue weighted by molar-refractivity contribution is -0.169. The van der Waals surface area contributed by atoms with Crippen LogP contribution in [-0.2, 0) is 8.85 Å². The summed E-state index contributed by atoms with van der Waals surface area (Å²) in [5, 5.41) is -2.73. The van der Waals surface area contributed by atoms with Crippen molar-refractivity contribution in [3.8, 4) is 0 Å². The van der Waals surface area contributed by atoms with Crippen LogP contribution in [0.3, 0.4) is 0 Å². The van der Waals surface area contributed by atoms with E-state index in [1.54, 1.807) is 0 Å². The van der Waals surface area contributed by atoms with E-state index in [1.807, 2.05) is 0 Å². The summed E-state index contributed by atoms with van der Waals surface area (Å²) in [6.45, 7) is 0.776. The lowest BCUT2D eigenvalue weighted by Gasteiger charge is -2.34. The van der Waals surface area contributed by atoms with Crippen LogP contribution in [0.25, 0.3) is 0 Å². The van der Waals surface area contributed by atoms with Gasteiger partial charge in [-0.15, -0.1) is 5.12 Å². The van der Waals surface area contributed by atoms with Crippen molar-refractivity contribution < 1.29 is 35.8 Å². The number of hydrogen-bond acceptors (Lipinski definition) is 3. The van der Waals surface area contributed by atoms with Gasteiger partial charge in [0.05, 0.1) is 0 Å². The Morgan fingerprint density at radius 1 is 1.18 bits per heavy atom. The normalized spacial score (nSPS) is 12.2. The third-order valence-corrected chi connectivity index (χ3v) is 5.82. The fourth-order valence-corrected chi connectivity index (χ4v) is 2.53. The summed E-state index contributed by atoms with van der Waals surface area (Å²) >= 11 is 0. The average Bonchev–Trinajstić information content (AvgIpc) is 2.52. The standard InChI is InChI=1S/C11H13F5N2O3Si/c1-20-22(3,21-2)11(13,14)18(16)10(19)17(15)9-7-5-4-6-8(9)12/h4-7H,1-3H3. The van der Waals surface area contributed by atoms with Gasteiger partial charge in [-0.1, -0.05) is 26.2 Å². The molecule has 0 fully saturated rings. The van der Waals surface area contributed by atoms with E-state index < -0.39 is 42.0 Å². The molecule has 1 rings (SSSR count). The molecule has 0 aromatic heterocycles. The van der Waals surface area contributed by atoms with Crippen LogP contribution in [0.1, 0.15) is 0 Å². The minimum atomic E-state index is -4.55. The van der Waals surface area contributed by atoms with Gasteiger partial charge in [0.1, 0.15) is 11.5 Å². The van der Waals surface area contributed by atoms with Crippen molar-refractivity contribution in [2.45, 2.75) is 12.2 Å². The van der Waals surface area contributed by atoms with E-state index in [4.69, 9.17) is 0 Å². The maximum atomic E-state index is 13.9. The first kappa shape index (κ1) is 18.3. The number of amides is 2. The predicted molar refractivity (Wildman–Crippen MR) is 68.9 cm³/mol. The van der Waals surface area contributed by atoms with Gasteiger partial charge in [-0.3, -0.25) is 0 Å². The molecule has 5 nitrogen and oxygen atoms in total. The van der Waals surface area contributed by atoms with Gasteiger partial charge in [0, 0.05) is 14.2 Å². The summed E-state index contributed by atoms with van der Waals surface area (Å²) in [7, 11) is -2.82. The van der Waals surface area contributed by atoms with Gasteiger partial charge in [0.15, 0.2) is 0 Å². The van der Waals surface area contributed by atoms with Gasteiger partial charge in [-0.2, -0.15) is 8.78 Å². The van der Waals surface area contributed by atoms with Gasteiger partial charge < -0.3 is 8.85 Å². The zero-order valence-corrected chi connectivity index (χ0v) is 12.8. The fraction of sp³-hybridized carbons (Fsp3) is 0.364. The Kier molecular flexibility index (Phi) is 5.48. The van der Waals surface area contributed by atoms with Crippen molar-refractivity contribution in [3.63, 3.8) is 0 Å². The topological polar surface area (TPSA) is 42.0 Å². The number of alkyl halides is 2. The zero-order chi connectivity index (χ0) is 17.1. The number of rotatable bonds is 5. The molecule has 1 aromatic rings. The molecule has 1 aromatic carbocycles. The number of halogens is 5. The molecule has 11 heteroatoms. The minimum absolute atomic E-state index is 0.776. The molecule has 0 bridgehead atoms. The van der Waals surface area contributed by atoms with Crippen LogP contribution >= 0.6 is 0 Å². The molecule has 0 saturated carbocycles. The van der Waals surface area contributed by atoms with Crippen LogP contribution in [0.15, 0.2) is 24.3 Å². The summed E-state index contributed by atoms with van der Waals surface area (Å²) in [5.74, 6) is -1.23. The lowest BCUT2D eigenvalue weighted by Crippen LogP contribution is -2.63. The summed E-state index contributed by atoms with van der Waals surface area (Å²) in [6, 6.07) is 1.46. The highest BCUT2D eigenvalue weighted by atomic mass is 28.4. The number of carbonyl (C=O) groups is 1. The number of anilines is 1. The summed E-state index contributed by atoms with van der Waals surface area (Å²) in [4.78, 5) is 11.5. The number of para-hydroxylation sites is 1. The van der Waals surface area contributed by atoms with Crippen LogP contribution in [0.2, 0.25) is 6.55 Å². The second-order valence-electron chi connectivity index (χ2n) is 4.19. The third-order valence-electron chi connectivity index (χ3n) is 2.97. The molecular formula is C11H13F5N2O3Si.